The molecule has 0 aliphatic rings. The van der Waals surface area contributed by atoms with E-state index in [2.05, 4.69) is 0 Å². The number of benzene rings is 1. The number of nitrogens with zero attached hydrogens (tertiary/aromatic N) is 1. The summed E-state index contributed by atoms with van der Waals surface area (Å²) >= 11 is 0. The first-order valence-electron chi connectivity index (χ1n) is 4.34. The molecule has 0 spiro atoms. The molecule has 0 aliphatic carbocycles. The molecule has 1 aromatic rings. The molecule has 3 nitrogen and oxygen atoms in total. The maximum Gasteiger partial charge on any atom is 0.335 e. The number of aryl methyl sites for hydroxylation is 1. The van der Waals surface area contributed by atoms with Gasteiger partial charge >= 0.3 is 5.97 Å². The van der Waals surface area contributed by atoms with E-state index in [1.165, 1.54) is 0 Å². The molecule has 1 rings (SSSR count). The van der Waals surface area contributed by atoms with Crippen LogP contribution in [0.3, 0.4) is 0 Å². The Bertz CT molecular complexity index is 292. The van der Waals surface area contributed by atoms with Gasteiger partial charge in [-0.05, 0) is 40.2 Å². The van der Waals surface area contributed by atoms with Gasteiger partial charge in [0.25, 0.3) is 0 Å². The third kappa shape index (κ3) is 6.20. The fourth-order valence-corrected chi connectivity index (χ4v) is 0.778. The van der Waals surface area contributed by atoms with E-state index in [1.807, 2.05) is 39.0 Å². The van der Waals surface area contributed by atoms with Gasteiger partial charge in [0.1, 0.15) is 0 Å². The van der Waals surface area contributed by atoms with Gasteiger partial charge in [-0.1, -0.05) is 17.7 Å². The van der Waals surface area contributed by atoms with Crippen molar-refractivity contribution in [2.24, 2.45) is 0 Å². The molecule has 0 fully saturated rings. The average molecular weight is 195 g/mol. The molecule has 0 unspecified atom stereocenters. The number of aromatic carboxylic acids is 1. The molecule has 1 N–H and O–H groups in total. The zero-order valence-corrected chi connectivity index (χ0v) is 9.11. The lowest BCUT2D eigenvalue weighted by molar-refractivity contribution is 0.0697. The third-order valence-corrected chi connectivity index (χ3v) is 1.27. The van der Waals surface area contributed by atoms with Crippen LogP contribution < -0.4 is 0 Å². The molecule has 0 aliphatic heterocycles. The van der Waals surface area contributed by atoms with Crippen LogP contribution in [0.4, 0.5) is 0 Å². The highest BCUT2D eigenvalue weighted by Crippen LogP contribution is 2.02. The van der Waals surface area contributed by atoms with E-state index in [4.69, 9.17) is 5.11 Å². The van der Waals surface area contributed by atoms with Gasteiger partial charge in [-0.3, -0.25) is 0 Å². The van der Waals surface area contributed by atoms with E-state index >= 15 is 0 Å². The first-order chi connectivity index (χ1) is 6.43. The maximum atomic E-state index is 10.4. The van der Waals surface area contributed by atoms with Crippen LogP contribution in [0.1, 0.15) is 15.9 Å². The van der Waals surface area contributed by atoms with Crippen LogP contribution in [0.2, 0.25) is 0 Å². The largest absolute Gasteiger partial charge is 0.478 e. The molecule has 0 saturated carbocycles. The highest BCUT2D eigenvalue weighted by atomic mass is 16.4. The Morgan fingerprint density at radius 2 is 1.79 bits per heavy atom. The topological polar surface area (TPSA) is 40.5 Å². The zero-order chi connectivity index (χ0) is 11.1. The van der Waals surface area contributed by atoms with Gasteiger partial charge in [-0.25, -0.2) is 4.79 Å². The zero-order valence-electron chi connectivity index (χ0n) is 9.11. The molecule has 1 aromatic carbocycles. The van der Waals surface area contributed by atoms with Crippen LogP contribution in [-0.2, 0) is 0 Å². The van der Waals surface area contributed by atoms with Crippen molar-refractivity contribution in [3.63, 3.8) is 0 Å². The smallest absolute Gasteiger partial charge is 0.335 e. The quantitative estimate of drug-likeness (QED) is 0.743. The van der Waals surface area contributed by atoms with Gasteiger partial charge in [0.15, 0.2) is 0 Å². The number of carbonyl (C=O) groups is 1. The number of hydrogen-bond acceptors (Lipinski definition) is 2. The summed E-state index contributed by atoms with van der Waals surface area (Å²) in [6, 6.07) is 6.82. The molecular formula is C11H17NO2. The van der Waals surface area contributed by atoms with Crippen LogP contribution >= 0.6 is 0 Å². The Kier molecular flexibility index (Phi) is 5.56. The minimum absolute atomic E-state index is 0.347. The van der Waals surface area contributed by atoms with Gasteiger partial charge in [-0.15, -0.1) is 0 Å². The van der Waals surface area contributed by atoms with E-state index in [9.17, 15) is 4.79 Å². The lowest BCUT2D eigenvalue weighted by Crippen LogP contribution is -1.99. The Balaban J connectivity index is 0.000000364. The van der Waals surface area contributed by atoms with Crippen molar-refractivity contribution in [1.29, 1.82) is 0 Å². The maximum absolute atomic E-state index is 10.4. The third-order valence-electron chi connectivity index (χ3n) is 1.27. The number of carboxylic acids is 1. The van der Waals surface area contributed by atoms with Gasteiger partial charge in [0.05, 0.1) is 5.56 Å². The number of rotatable bonds is 1. The van der Waals surface area contributed by atoms with Crippen LogP contribution in [-0.4, -0.2) is 37.1 Å². The van der Waals surface area contributed by atoms with Gasteiger partial charge < -0.3 is 10.0 Å². The van der Waals surface area contributed by atoms with E-state index in [0.29, 0.717) is 5.56 Å². The highest BCUT2D eigenvalue weighted by molar-refractivity contribution is 5.87. The first kappa shape index (κ1) is 12.7. The predicted octanol–water partition coefficient (Wildman–Crippen LogP) is 1.87. The minimum atomic E-state index is -0.872. The Morgan fingerprint density at radius 1 is 1.29 bits per heavy atom. The standard InChI is InChI=1S/C8H8O2.C3H9N/c1-6-3-2-4-7(5-6)8(9)10;1-4(2)3/h2-5H,1H3,(H,9,10);1-3H3. The minimum Gasteiger partial charge on any atom is -0.478 e. The molecule has 0 saturated heterocycles. The van der Waals surface area contributed by atoms with Crippen molar-refractivity contribution in [1.82, 2.24) is 4.90 Å². The lowest BCUT2D eigenvalue weighted by atomic mass is 10.1. The Labute approximate surface area is 85.0 Å². The summed E-state index contributed by atoms with van der Waals surface area (Å²) in [4.78, 5) is 12.4. The fourth-order valence-electron chi connectivity index (χ4n) is 0.778. The molecule has 78 valence electrons. The van der Waals surface area contributed by atoms with Crippen LogP contribution in [0, 0.1) is 6.92 Å². The van der Waals surface area contributed by atoms with Gasteiger partial charge in [0, 0.05) is 0 Å². The van der Waals surface area contributed by atoms with E-state index in [0.717, 1.165) is 5.56 Å². The fraction of sp³-hybridized carbons (Fsp3) is 0.364. The van der Waals surface area contributed by atoms with Crippen molar-refractivity contribution in [3.8, 4) is 0 Å². The monoisotopic (exact) mass is 195 g/mol. The second-order valence-corrected chi connectivity index (χ2v) is 3.52. The Morgan fingerprint density at radius 3 is 2.07 bits per heavy atom. The van der Waals surface area contributed by atoms with Crippen LogP contribution in [0.5, 0.6) is 0 Å². The second-order valence-electron chi connectivity index (χ2n) is 3.52. The number of hydrogen-bond donors (Lipinski definition) is 1. The summed E-state index contributed by atoms with van der Waals surface area (Å²) in [6.07, 6.45) is 0. The molecule has 0 amide bonds. The van der Waals surface area contributed by atoms with E-state index in [1.54, 1.807) is 18.2 Å². The molecule has 0 atom stereocenters. The van der Waals surface area contributed by atoms with Crippen LogP contribution in [0.15, 0.2) is 24.3 Å². The van der Waals surface area contributed by atoms with E-state index < -0.39 is 5.97 Å². The summed E-state index contributed by atoms with van der Waals surface area (Å²) in [5.74, 6) is -0.872. The summed E-state index contributed by atoms with van der Waals surface area (Å²) in [6.45, 7) is 1.87. The summed E-state index contributed by atoms with van der Waals surface area (Å²) in [5, 5.41) is 8.51. The predicted molar refractivity (Wildman–Crippen MR) is 57.7 cm³/mol. The average Bonchev–Trinajstić information content (AvgIpc) is 2.03. The molecule has 0 bridgehead atoms. The Hall–Kier alpha value is -1.35. The van der Waals surface area contributed by atoms with Crippen molar-refractivity contribution < 1.29 is 9.90 Å². The highest BCUT2D eigenvalue weighted by Gasteiger charge is 1.99. The summed E-state index contributed by atoms with van der Waals surface area (Å²) < 4.78 is 0. The van der Waals surface area contributed by atoms with Gasteiger partial charge in [0.2, 0.25) is 0 Å². The van der Waals surface area contributed by atoms with Gasteiger partial charge in [-0.2, -0.15) is 0 Å². The summed E-state index contributed by atoms with van der Waals surface area (Å²) in [5.41, 5.74) is 1.32. The normalized spacial score (nSPS) is 9.21. The van der Waals surface area contributed by atoms with E-state index in [-0.39, 0.29) is 0 Å². The summed E-state index contributed by atoms with van der Waals surface area (Å²) in [7, 11) is 6.00. The van der Waals surface area contributed by atoms with Crippen molar-refractivity contribution >= 4 is 5.97 Å². The number of carboxylic acid groups (broad SMARTS) is 1. The first-order valence-corrected chi connectivity index (χ1v) is 4.34. The molecule has 3 heteroatoms. The molecule has 0 radical (unpaired) electrons. The second kappa shape index (κ2) is 6.16. The van der Waals surface area contributed by atoms with Crippen LogP contribution in [0.25, 0.3) is 0 Å². The van der Waals surface area contributed by atoms with Crippen molar-refractivity contribution in [2.75, 3.05) is 21.1 Å². The molecule has 0 aromatic heterocycles. The van der Waals surface area contributed by atoms with Crippen molar-refractivity contribution in [2.45, 2.75) is 6.92 Å². The molecule has 14 heavy (non-hydrogen) atoms. The van der Waals surface area contributed by atoms with Crippen molar-refractivity contribution in [3.05, 3.63) is 35.4 Å². The molecule has 0 heterocycles. The molecular weight excluding hydrogens is 178 g/mol. The SMILES string of the molecule is CN(C)C.Cc1cccc(C(=O)O)c1. The lowest BCUT2D eigenvalue weighted by Gasteiger charge is -1.93.